The summed E-state index contributed by atoms with van der Waals surface area (Å²) in [6, 6.07) is 13.2. The van der Waals surface area contributed by atoms with Gasteiger partial charge in [0, 0.05) is 0 Å². The number of hydrogen-bond donors (Lipinski definition) is 0. The molecule has 2 aromatic rings. The number of hydrogen-bond acceptors (Lipinski definition) is 0. The second-order valence-corrected chi connectivity index (χ2v) is 4.85. The molecule has 0 aliphatic rings. The Morgan fingerprint density at radius 1 is 0.706 bits per heavy atom. The fraction of sp³-hybridized carbons (Fsp3) is 0.250. The van der Waals surface area contributed by atoms with Crippen molar-refractivity contribution in [3.63, 3.8) is 0 Å². The van der Waals surface area contributed by atoms with Crippen molar-refractivity contribution in [2.75, 3.05) is 0 Å². The molecule has 1 radical (unpaired) electrons. The average molecular weight is 221 g/mol. The Balaban J connectivity index is 2.28. The number of benzene rings is 2. The van der Waals surface area contributed by atoms with E-state index in [0.717, 1.165) is 0 Å². The molecule has 2 rings (SSSR count). The monoisotopic (exact) mass is 221 g/mol. The van der Waals surface area contributed by atoms with Crippen molar-refractivity contribution < 1.29 is 0 Å². The molecule has 0 saturated carbocycles. The van der Waals surface area contributed by atoms with E-state index in [9.17, 15) is 0 Å². The number of rotatable bonds is 2. The van der Waals surface area contributed by atoms with Gasteiger partial charge in [0.1, 0.15) is 0 Å². The van der Waals surface area contributed by atoms with Crippen LogP contribution in [0.3, 0.4) is 0 Å². The van der Waals surface area contributed by atoms with Crippen LogP contribution in [0, 0.1) is 27.7 Å². The summed E-state index contributed by atoms with van der Waals surface area (Å²) < 4.78 is 0. The van der Waals surface area contributed by atoms with E-state index in [2.05, 4.69) is 71.4 Å². The zero-order chi connectivity index (χ0) is 12.4. The lowest BCUT2D eigenvalue weighted by atomic mass is 9.62. The zero-order valence-electron chi connectivity index (χ0n) is 11.0. The van der Waals surface area contributed by atoms with Gasteiger partial charge < -0.3 is 0 Å². The molecule has 0 N–H and O–H groups in total. The fourth-order valence-electron chi connectivity index (χ4n) is 2.02. The maximum absolute atomic E-state index is 2.25. The maximum Gasteiger partial charge on any atom is 0.191 e. The summed E-state index contributed by atoms with van der Waals surface area (Å²) in [5, 5.41) is 0. The van der Waals surface area contributed by atoms with Crippen LogP contribution in [0.2, 0.25) is 0 Å². The number of aryl methyl sites for hydroxylation is 4. The van der Waals surface area contributed by atoms with E-state index < -0.39 is 0 Å². The molecular formula is C16H18B. The molecule has 0 atom stereocenters. The minimum Gasteiger partial charge on any atom is -0.0811 e. The smallest absolute Gasteiger partial charge is 0.0811 e. The second-order valence-electron chi connectivity index (χ2n) is 4.85. The van der Waals surface area contributed by atoms with Gasteiger partial charge in [0.15, 0.2) is 7.28 Å². The Labute approximate surface area is 105 Å². The largest absolute Gasteiger partial charge is 0.191 e. The molecule has 0 bridgehead atoms. The van der Waals surface area contributed by atoms with E-state index in [0.29, 0.717) is 0 Å². The molecule has 0 aliphatic carbocycles. The van der Waals surface area contributed by atoms with Gasteiger partial charge in [0.25, 0.3) is 0 Å². The van der Waals surface area contributed by atoms with Crippen molar-refractivity contribution in [3.05, 3.63) is 58.7 Å². The van der Waals surface area contributed by atoms with E-state index in [1.54, 1.807) is 0 Å². The highest BCUT2D eigenvalue weighted by atomic mass is 14.0. The van der Waals surface area contributed by atoms with Crippen LogP contribution in [0.5, 0.6) is 0 Å². The summed E-state index contributed by atoms with van der Waals surface area (Å²) in [6.07, 6.45) is 0. The molecule has 0 nitrogen and oxygen atoms in total. The Morgan fingerprint density at radius 2 is 1.47 bits per heavy atom. The normalized spacial score (nSPS) is 10.4. The van der Waals surface area contributed by atoms with Crippen molar-refractivity contribution in [2.24, 2.45) is 0 Å². The van der Waals surface area contributed by atoms with Gasteiger partial charge in [0.2, 0.25) is 0 Å². The van der Waals surface area contributed by atoms with Gasteiger partial charge in [-0.1, -0.05) is 58.5 Å². The van der Waals surface area contributed by atoms with Crippen molar-refractivity contribution in [1.29, 1.82) is 0 Å². The fourth-order valence-corrected chi connectivity index (χ4v) is 2.02. The predicted octanol–water partition coefficient (Wildman–Crippen LogP) is 2.58. The molecule has 0 fully saturated rings. The topological polar surface area (TPSA) is 0 Å². The van der Waals surface area contributed by atoms with Crippen molar-refractivity contribution in [2.45, 2.75) is 27.7 Å². The van der Waals surface area contributed by atoms with Crippen LogP contribution in [-0.2, 0) is 0 Å². The van der Waals surface area contributed by atoms with Crippen LogP contribution < -0.4 is 10.9 Å². The highest BCUT2D eigenvalue weighted by molar-refractivity contribution is 6.67. The molecule has 85 valence electrons. The lowest BCUT2D eigenvalue weighted by molar-refractivity contribution is 1.35. The lowest BCUT2D eigenvalue weighted by Crippen LogP contribution is -2.29. The van der Waals surface area contributed by atoms with Gasteiger partial charge in [-0.3, -0.25) is 0 Å². The third kappa shape index (κ3) is 2.79. The Bertz CT molecular complexity index is 541. The van der Waals surface area contributed by atoms with Gasteiger partial charge in [-0.05, 0) is 38.8 Å². The van der Waals surface area contributed by atoms with E-state index in [1.807, 2.05) is 0 Å². The van der Waals surface area contributed by atoms with E-state index >= 15 is 0 Å². The Kier molecular flexibility index (Phi) is 3.37. The van der Waals surface area contributed by atoms with Crippen LogP contribution >= 0.6 is 0 Å². The average Bonchev–Trinajstić information content (AvgIpc) is 2.27. The quantitative estimate of drug-likeness (QED) is 0.683. The van der Waals surface area contributed by atoms with Gasteiger partial charge in [-0.15, -0.1) is 0 Å². The summed E-state index contributed by atoms with van der Waals surface area (Å²) in [7, 11) is 2.25. The molecule has 1 heteroatoms. The van der Waals surface area contributed by atoms with E-state index in [1.165, 1.54) is 33.2 Å². The Morgan fingerprint density at radius 3 is 2.12 bits per heavy atom. The summed E-state index contributed by atoms with van der Waals surface area (Å²) in [6.45, 7) is 8.61. The SMILES string of the molecule is Cc1ccc([B]c2ccc(C)c(C)c2)c(C)c1. The van der Waals surface area contributed by atoms with Gasteiger partial charge in [-0.25, -0.2) is 0 Å². The van der Waals surface area contributed by atoms with Gasteiger partial charge >= 0.3 is 0 Å². The molecule has 0 heterocycles. The standard InChI is InChI=1S/C16H18B/c1-11-5-8-16(14(4)9-11)17-15-7-6-12(2)13(3)10-15/h5-10H,1-4H3. The first-order valence-electron chi connectivity index (χ1n) is 6.05. The zero-order valence-corrected chi connectivity index (χ0v) is 11.0. The molecule has 0 amide bonds. The van der Waals surface area contributed by atoms with Crippen molar-refractivity contribution in [1.82, 2.24) is 0 Å². The third-order valence-corrected chi connectivity index (χ3v) is 3.28. The van der Waals surface area contributed by atoms with Gasteiger partial charge in [-0.2, -0.15) is 0 Å². The molecule has 0 spiro atoms. The molecule has 0 saturated heterocycles. The first-order chi connectivity index (χ1) is 8.06. The van der Waals surface area contributed by atoms with Crippen LogP contribution in [0.15, 0.2) is 36.4 Å². The molecule has 0 unspecified atom stereocenters. The first-order valence-corrected chi connectivity index (χ1v) is 6.05. The molecule has 0 aliphatic heterocycles. The van der Waals surface area contributed by atoms with E-state index in [4.69, 9.17) is 0 Å². The third-order valence-electron chi connectivity index (χ3n) is 3.28. The second kappa shape index (κ2) is 4.79. The summed E-state index contributed by atoms with van der Waals surface area (Å²) in [5.41, 5.74) is 7.94. The highest BCUT2D eigenvalue weighted by Crippen LogP contribution is 2.03. The first kappa shape index (κ1) is 12.0. The van der Waals surface area contributed by atoms with Crippen LogP contribution in [0.1, 0.15) is 22.3 Å². The Hall–Kier alpha value is -1.50. The van der Waals surface area contributed by atoms with Crippen molar-refractivity contribution >= 4 is 18.2 Å². The van der Waals surface area contributed by atoms with Crippen molar-refractivity contribution in [3.8, 4) is 0 Å². The minimum atomic E-state index is 1.28. The minimum absolute atomic E-state index is 1.28. The van der Waals surface area contributed by atoms with E-state index in [-0.39, 0.29) is 0 Å². The van der Waals surface area contributed by atoms with Crippen LogP contribution in [-0.4, -0.2) is 7.28 Å². The van der Waals surface area contributed by atoms with Crippen LogP contribution in [0.4, 0.5) is 0 Å². The molecule has 17 heavy (non-hydrogen) atoms. The maximum atomic E-state index is 2.25. The predicted molar refractivity (Wildman–Crippen MR) is 76.9 cm³/mol. The molecule has 0 aromatic heterocycles. The summed E-state index contributed by atoms with van der Waals surface area (Å²) >= 11 is 0. The van der Waals surface area contributed by atoms with Crippen LogP contribution in [0.25, 0.3) is 0 Å². The highest BCUT2D eigenvalue weighted by Gasteiger charge is 2.03. The van der Waals surface area contributed by atoms with Gasteiger partial charge in [0.05, 0.1) is 0 Å². The summed E-state index contributed by atoms with van der Waals surface area (Å²) in [4.78, 5) is 0. The summed E-state index contributed by atoms with van der Waals surface area (Å²) in [5.74, 6) is 0. The lowest BCUT2D eigenvalue weighted by Gasteiger charge is -2.08. The molecule has 2 aromatic carbocycles. The molecular weight excluding hydrogens is 203 g/mol.